The van der Waals surface area contributed by atoms with Crippen LogP contribution in [0.3, 0.4) is 0 Å². The Morgan fingerprint density at radius 3 is 2.69 bits per heavy atom. The number of anilines is 1. The van der Waals surface area contributed by atoms with E-state index in [4.69, 9.17) is 4.74 Å². The van der Waals surface area contributed by atoms with Crippen molar-refractivity contribution in [1.29, 1.82) is 0 Å². The second-order valence-electron chi connectivity index (χ2n) is 4.39. The van der Waals surface area contributed by atoms with Gasteiger partial charge in [0.05, 0.1) is 0 Å². The van der Waals surface area contributed by atoms with E-state index in [1.807, 2.05) is 0 Å². The Labute approximate surface area is 95.4 Å². The fourth-order valence-electron chi connectivity index (χ4n) is 2.12. The Morgan fingerprint density at radius 1 is 1.38 bits per heavy atom. The Bertz CT molecular complexity index is 330. The number of H-pyrrole nitrogens is 1. The number of aromatic nitrogens is 3. The fourth-order valence-corrected chi connectivity index (χ4v) is 2.12. The molecule has 2 atom stereocenters. The summed E-state index contributed by atoms with van der Waals surface area (Å²) in [6, 6.07) is 0.932. The quantitative estimate of drug-likeness (QED) is 0.766. The van der Waals surface area contributed by atoms with Gasteiger partial charge in [-0.15, -0.1) is 5.10 Å². The molecule has 0 spiro atoms. The molecule has 16 heavy (non-hydrogen) atoms. The van der Waals surface area contributed by atoms with E-state index in [2.05, 4.69) is 39.2 Å². The van der Waals surface area contributed by atoms with E-state index in [1.165, 1.54) is 0 Å². The van der Waals surface area contributed by atoms with Gasteiger partial charge in [0.25, 0.3) is 0 Å². The Kier molecular flexibility index (Phi) is 3.40. The van der Waals surface area contributed by atoms with E-state index < -0.39 is 0 Å². The number of ether oxygens (including phenoxy) is 1. The molecule has 1 aromatic heterocycles. The van der Waals surface area contributed by atoms with Crippen LogP contribution in [0.5, 0.6) is 0 Å². The lowest BCUT2D eigenvalue weighted by Crippen LogP contribution is -2.54. The van der Waals surface area contributed by atoms with Crippen molar-refractivity contribution in [3.63, 3.8) is 0 Å². The molecular formula is C10H19N5O. The summed E-state index contributed by atoms with van der Waals surface area (Å²) in [4.78, 5) is 6.59. The molecule has 1 aliphatic rings. The average Bonchev–Trinajstić information content (AvgIpc) is 2.65. The zero-order chi connectivity index (χ0) is 11.5. The number of piperazine rings is 1. The molecule has 1 fully saturated rings. The summed E-state index contributed by atoms with van der Waals surface area (Å²) in [7, 11) is 1.65. The van der Waals surface area contributed by atoms with Crippen LogP contribution in [0, 0.1) is 0 Å². The number of methoxy groups -OCH3 is 1. The van der Waals surface area contributed by atoms with Crippen molar-refractivity contribution in [2.24, 2.45) is 0 Å². The lowest BCUT2D eigenvalue weighted by Gasteiger charge is -2.35. The maximum absolute atomic E-state index is 5.01. The third-order valence-corrected chi connectivity index (χ3v) is 2.64. The van der Waals surface area contributed by atoms with Crippen LogP contribution in [0.4, 0.5) is 5.95 Å². The highest BCUT2D eigenvalue weighted by Crippen LogP contribution is 2.12. The molecule has 1 aromatic rings. The van der Waals surface area contributed by atoms with Gasteiger partial charge in [-0.2, -0.15) is 4.98 Å². The summed E-state index contributed by atoms with van der Waals surface area (Å²) in [5.74, 6) is 1.54. The van der Waals surface area contributed by atoms with Gasteiger partial charge >= 0.3 is 0 Å². The lowest BCUT2D eigenvalue weighted by molar-refractivity contribution is 0.178. The monoisotopic (exact) mass is 225 g/mol. The topological polar surface area (TPSA) is 66.1 Å². The van der Waals surface area contributed by atoms with Crippen LogP contribution in [0.2, 0.25) is 0 Å². The molecular weight excluding hydrogens is 206 g/mol. The summed E-state index contributed by atoms with van der Waals surface area (Å²) in [5.41, 5.74) is 0. The highest BCUT2D eigenvalue weighted by Gasteiger charge is 2.23. The molecule has 1 saturated heterocycles. The molecule has 0 aliphatic carbocycles. The molecule has 2 unspecified atom stereocenters. The summed E-state index contributed by atoms with van der Waals surface area (Å²) >= 11 is 0. The van der Waals surface area contributed by atoms with Crippen molar-refractivity contribution in [2.75, 3.05) is 25.1 Å². The smallest absolute Gasteiger partial charge is 0.244 e. The van der Waals surface area contributed by atoms with Gasteiger partial charge < -0.3 is 15.0 Å². The molecule has 2 N–H and O–H groups in total. The minimum absolute atomic E-state index is 0.466. The highest BCUT2D eigenvalue weighted by atomic mass is 16.5. The third-order valence-electron chi connectivity index (χ3n) is 2.64. The minimum Gasteiger partial charge on any atom is -0.377 e. The number of nitrogens with zero attached hydrogens (tertiary/aromatic N) is 3. The van der Waals surface area contributed by atoms with Crippen LogP contribution in [-0.2, 0) is 11.3 Å². The van der Waals surface area contributed by atoms with Crippen LogP contribution >= 0.6 is 0 Å². The molecule has 1 aliphatic heterocycles. The van der Waals surface area contributed by atoms with Crippen molar-refractivity contribution in [3.8, 4) is 0 Å². The third kappa shape index (κ3) is 2.51. The summed E-state index contributed by atoms with van der Waals surface area (Å²) in [5, 5.41) is 10.6. The van der Waals surface area contributed by atoms with Crippen LogP contribution < -0.4 is 10.2 Å². The van der Waals surface area contributed by atoms with Gasteiger partial charge in [0.2, 0.25) is 5.95 Å². The maximum atomic E-state index is 5.01. The number of aromatic amines is 1. The lowest BCUT2D eigenvalue weighted by atomic mass is 10.1. The standard InChI is InChI=1S/C10H19N5O/c1-7-4-15(5-8(2)11-7)10-12-9(6-16-3)13-14-10/h7-8,11H,4-6H2,1-3H3,(H,12,13,14). The maximum Gasteiger partial charge on any atom is 0.244 e. The zero-order valence-corrected chi connectivity index (χ0v) is 10.0. The molecule has 2 heterocycles. The molecule has 0 amide bonds. The van der Waals surface area contributed by atoms with Crippen LogP contribution in [0.25, 0.3) is 0 Å². The van der Waals surface area contributed by atoms with Crippen molar-refractivity contribution < 1.29 is 4.74 Å². The van der Waals surface area contributed by atoms with E-state index >= 15 is 0 Å². The second kappa shape index (κ2) is 4.80. The van der Waals surface area contributed by atoms with Crippen molar-refractivity contribution in [1.82, 2.24) is 20.5 Å². The fraction of sp³-hybridized carbons (Fsp3) is 0.800. The molecule has 90 valence electrons. The number of hydrogen-bond donors (Lipinski definition) is 2. The van der Waals surface area contributed by atoms with Gasteiger partial charge in [-0.3, -0.25) is 5.10 Å². The predicted molar refractivity (Wildman–Crippen MR) is 61.4 cm³/mol. The molecule has 6 nitrogen and oxygen atoms in total. The Balaban J connectivity index is 2.04. The highest BCUT2D eigenvalue weighted by molar-refractivity contribution is 5.30. The van der Waals surface area contributed by atoms with Crippen molar-refractivity contribution in [2.45, 2.75) is 32.5 Å². The van der Waals surface area contributed by atoms with Gasteiger partial charge in [0.15, 0.2) is 5.82 Å². The minimum atomic E-state index is 0.466. The largest absolute Gasteiger partial charge is 0.377 e. The number of hydrogen-bond acceptors (Lipinski definition) is 5. The van der Waals surface area contributed by atoms with Crippen LogP contribution in [0.1, 0.15) is 19.7 Å². The number of nitrogens with one attached hydrogen (secondary N) is 2. The first-order chi connectivity index (χ1) is 7.69. The van der Waals surface area contributed by atoms with Gasteiger partial charge in [-0.25, -0.2) is 0 Å². The molecule has 0 radical (unpaired) electrons. The SMILES string of the molecule is COCc1nc(N2CC(C)NC(C)C2)n[nH]1. The molecule has 0 bridgehead atoms. The Hall–Kier alpha value is -1.14. The first-order valence-electron chi connectivity index (χ1n) is 5.60. The number of rotatable bonds is 3. The van der Waals surface area contributed by atoms with Gasteiger partial charge in [0, 0.05) is 32.3 Å². The first kappa shape index (κ1) is 11.3. The van der Waals surface area contributed by atoms with Crippen LogP contribution in [0.15, 0.2) is 0 Å². The molecule has 6 heteroatoms. The second-order valence-corrected chi connectivity index (χ2v) is 4.39. The predicted octanol–water partition coefficient (Wildman–Crippen LogP) is 0.138. The van der Waals surface area contributed by atoms with Gasteiger partial charge in [0.1, 0.15) is 6.61 Å². The average molecular weight is 225 g/mol. The molecule has 0 saturated carbocycles. The van der Waals surface area contributed by atoms with E-state index in [0.717, 1.165) is 24.9 Å². The summed E-state index contributed by atoms with van der Waals surface area (Å²) in [6.07, 6.45) is 0. The Morgan fingerprint density at radius 2 is 2.06 bits per heavy atom. The first-order valence-corrected chi connectivity index (χ1v) is 5.60. The summed E-state index contributed by atoms with van der Waals surface area (Å²) < 4.78 is 5.01. The van der Waals surface area contributed by atoms with Crippen molar-refractivity contribution in [3.05, 3.63) is 5.82 Å². The summed E-state index contributed by atoms with van der Waals surface area (Å²) in [6.45, 7) is 6.70. The normalized spacial score (nSPS) is 26.1. The van der Waals surface area contributed by atoms with E-state index in [0.29, 0.717) is 18.7 Å². The van der Waals surface area contributed by atoms with Crippen LogP contribution in [-0.4, -0.2) is 47.5 Å². The van der Waals surface area contributed by atoms with E-state index in [1.54, 1.807) is 7.11 Å². The zero-order valence-electron chi connectivity index (χ0n) is 10.0. The van der Waals surface area contributed by atoms with Gasteiger partial charge in [-0.1, -0.05) is 0 Å². The van der Waals surface area contributed by atoms with E-state index in [9.17, 15) is 0 Å². The molecule has 2 rings (SSSR count). The van der Waals surface area contributed by atoms with E-state index in [-0.39, 0.29) is 0 Å². The van der Waals surface area contributed by atoms with Gasteiger partial charge in [-0.05, 0) is 13.8 Å². The molecule has 0 aromatic carbocycles. The van der Waals surface area contributed by atoms with Crippen molar-refractivity contribution >= 4 is 5.95 Å².